The van der Waals surface area contributed by atoms with Crippen molar-refractivity contribution in [2.75, 3.05) is 19.5 Å². The zero-order valence-electron chi connectivity index (χ0n) is 10.9. The average molecular weight is 267 g/mol. The lowest BCUT2D eigenvalue weighted by Gasteiger charge is -2.16. The highest BCUT2D eigenvalue weighted by Crippen LogP contribution is 2.21. The Morgan fingerprint density at radius 2 is 2.26 bits per heavy atom. The normalized spacial score (nSPS) is 11.9. The predicted octanol–water partition coefficient (Wildman–Crippen LogP) is 1.33. The molecule has 0 heterocycles. The van der Waals surface area contributed by atoms with Crippen LogP contribution in [0.2, 0.25) is 0 Å². The van der Waals surface area contributed by atoms with Gasteiger partial charge in [0.1, 0.15) is 5.56 Å². The van der Waals surface area contributed by atoms with Crippen LogP contribution in [0.3, 0.4) is 0 Å². The lowest BCUT2D eigenvalue weighted by molar-refractivity contribution is -0.385. The molecule has 0 fully saturated rings. The molecule has 1 unspecified atom stereocenters. The summed E-state index contributed by atoms with van der Waals surface area (Å²) in [5.41, 5.74) is 5.55. The Balaban J connectivity index is 2.98. The average Bonchev–Trinajstić information content (AvgIpc) is 2.37. The summed E-state index contributed by atoms with van der Waals surface area (Å²) in [5, 5.41) is 13.6. The number of rotatable bonds is 6. The fourth-order valence-electron chi connectivity index (χ4n) is 1.62. The molecule has 0 radical (unpaired) electrons. The molecule has 0 aliphatic rings. The van der Waals surface area contributed by atoms with Crippen LogP contribution in [0.25, 0.3) is 0 Å². The summed E-state index contributed by atoms with van der Waals surface area (Å²) in [5.74, 6) is -0.525. The van der Waals surface area contributed by atoms with Crippen LogP contribution in [-0.4, -0.2) is 30.6 Å². The molecule has 3 N–H and O–H groups in total. The third-order valence-corrected chi connectivity index (χ3v) is 2.66. The van der Waals surface area contributed by atoms with Gasteiger partial charge in [0.2, 0.25) is 0 Å². The Hall–Kier alpha value is -2.15. The van der Waals surface area contributed by atoms with E-state index in [0.29, 0.717) is 18.7 Å². The molecule has 19 heavy (non-hydrogen) atoms. The number of anilines is 1. The molecule has 0 spiro atoms. The van der Waals surface area contributed by atoms with Gasteiger partial charge in [-0.25, -0.2) is 0 Å². The summed E-state index contributed by atoms with van der Waals surface area (Å²) >= 11 is 0. The molecule has 0 aromatic heterocycles. The van der Waals surface area contributed by atoms with Crippen LogP contribution in [-0.2, 0) is 4.74 Å². The number of carbonyl (C=O) groups excluding carboxylic acids is 1. The van der Waals surface area contributed by atoms with Gasteiger partial charge < -0.3 is 15.8 Å². The van der Waals surface area contributed by atoms with Gasteiger partial charge in [0.15, 0.2) is 0 Å². The molecular formula is C12H17N3O4. The van der Waals surface area contributed by atoms with Crippen molar-refractivity contribution in [2.45, 2.75) is 19.4 Å². The van der Waals surface area contributed by atoms with Crippen molar-refractivity contribution in [1.29, 1.82) is 0 Å². The second-order valence-corrected chi connectivity index (χ2v) is 4.07. The van der Waals surface area contributed by atoms with Crippen molar-refractivity contribution < 1.29 is 14.5 Å². The molecule has 0 bridgehead atoms. The first-order chi connectivity index (χ1) is 8.99. The van der Waals surface area contributed by atoms with Crippen LogP contribution >= 0.6 is 0 Å². The molecule has 7 nitrogen and oxygen atoms in total. The summed E-state index contributed by atoms with van der Waals surface area (Å²) in [4.78, 5) is 22.3. The molecule has 0 aliphatic carbocycles. The van der Waals surface area contributed by atoms with Crippen LogP contribution in [0.5, 0.6) is 0 Å². The zero-order chi connectivity index (χ0) is 14.4. The minimum atomic E-state index is -0.606. The van der Waals surface area contributed by atoms with Crippen LogP contribution in [0.15, 0.2) is 18.2 Å². The molecule has 0 saturated heterocycles. The number of ether oxygens (including phenoxy) is 1. The highest BCUT2D eigenvalue weighted by atomic mass is 16.6. The largest absolute Gasteiger partial charge is 0.399 e. The van der Waals surface area contributed by atoms with Crippen molar-refractivity contribution in [3.05, 3.63) is 33.9 Å². The number of nitrogen functional groups attached to an aromatic ring is 1. The number of nitro groups is 1. The standard InChI is InChI=1S/C12H17N3O4/c1-3-9(7-19-2)14-12(16)10-6-8(13)4-5-11(10)15(17)18/h4-6,9H,3,7,13H2,1-2H3,(H,14,16). The van der Waals surface area contributed by atoms with Gasteiger partial charge in [-0.15, -0.1) is 0 Å². The summed E-state index contributed by atoms with van der Waals surface area (Å²) in [6.45, 7) is 2.23. The topological polar surface area (TPSA) is 107 Å². The van der Waals surface area contributed by atoms with E-state index < -0.39 is 10.8 Å². The molecular weight excluding hydrogens is 250 g/mol. The van der Waals surface area contributed by atoms with E-state index in [1.165, 1.54) is 25.3 Å². The van der Waals surface area contributed by atoms with Gasteiger partial charge in [-0.3, -0.25) is 14.9 Å². The summed E-state index contributed by atoms with van der Waals surface area (Å²) in [7, 11) is 1.53. The van der Waals surface area contributed by atoms with Crippen molar-refractivity contribution in [1.82, 2.24) is 5.32 Å². The number of nitrogens with zero attached hydrogens (tertiary/aromatic N) is 1. The molecule has 1 rings (SSSR count). The number of hydrogen-bond donors (Lipinski definition) is 2. The highest BCUT2D eigenvalue weighted by molar-refractivity contribution is 5.99. The molecule has 1 aromatic rings. The quantitative estimate of drug-likeness (QED) is 0.459. The van der Waals surface area contributed by atoms with Gasteiger partial charge in [-0.2, -0.15) is 0 Å². The molecule has 104 valence electrons. The van der Waals surface area contributed by atoms with Crippen molar-refractivity contribution in [3.63, 3.8) is 0 Å². The number of nitro benzene ring substituents is 1. The molecule has 0 aliphatic heterocycles. The maximum absolute atomic E-state index is 12.0. The Morgan fingerprint density at radius 3 is 2.79 bits per heavy atom. The lowest BCUT2D eigenvalue weighted by Crippen LogP contribution is -2.37. The van der Waals surface area contributed by atoms with E-state index in [-0.39, 0.29) is 17.3 Å². The Bertz CT molecular complexity index is 476. The van der Waals surface area contributed by atoms with Crippen molar-refractivity contribution in [3.8, 4) is 0 Å². The fourth-order valence-corrected chi connectivity index (χ4v) is 1.62. The maximum Gasteiger partial charge on any atom is 0.282 e. The van der Waals surface area contributed by atoms with Crippen molar-refractivity contribution in [2.24, 2.45) is 0 Å². The number of benzene rings is 1. The fraction of sp³-hybridized carbons (Fsp3) is 0.417. The number of nitrogens with two attached hydrogens (primary N) is 1. The van der Waals surface area contributed by atoms with Crippen LogP contribution in [0, 0.1) is 10.1 Å². The van der Waals surface area contributed by atoms with E-state index in [2.05, 4.69) is 5.32 Å². The van der Waals surface area contributed by atoms with E-state index in [9.17, 15) is 14.9 Å². The lowest BCUT2D eigenvalue weighted by atomic mass is 10.1. The summed E-state index contributed by atoms with van der Waals surface area (Å²) in [6.07, 6.45) is 0.662. The Kier molecular flexibility index (Phi) is 5.25. The first-order valence-electron chi connectivity index (χ1n) is 5.83. The van der Waals surface area contributed by atoms with Gasteiger partial charge in [-0.1, -0.05) is 6.92 Å². The van der Waals surface area contributed by atoms with Gasteiger partial charge in [0.05, 0.1) is 17.6 Å². The van der Waals surface area contributed by atoms with Crippen molar-refractivity contribution >= 4 is 17.3 Å². The van der Waals surface area contributed by atoms with Gasteiger partial charge in [0, 0.05) is 18.9 Å². The van der Waals surface area contributed by atoms with Crippen LogP contribution in [0.4, 0.5) is 11.4 Å². The van der Waals surface area contributed by atoms with Crippen LogP contribution in [0.1, 0.15) is 23.7 Å². The van der Waals surface area contributed by atoms with Crippen LogP contribution < -0.4 is 11.1 Å². The maximum atomic E-state index is 12.0. The number of amides is 1. The third-order valence-electron chi connectivity index (χ3n) is 2.66. The molecule has 0 saturated carbocycles. The number of nitrogens with one attached hydrogen (secondary N) is 1. The second kappa shape index (κ2) is 6.69. The Labute approximate surface area is 110 Å². The second-order valence-electron chi connectivity index (χ2n) is 4.07. The SMILES string of the molecule is CCC(COC)NC(=O)c1cc(N)ccc1[N+](=O)[O-]. The first kappa shape index (κ1) is 14.9. The highest BCUT2D eigenvalue weighted by Gasteiger charge is 2.22. The van der Waals surface area contributed by atoms with E-state index in [1.54, 1.807) is 0 Å². The zero-order valence-corrected chi connectivity index (χ0v) is 10.9. The van der Waals surface area contributed by atoms with E-state index in [1.807, 2.05) is 6.92 Å². The molecule has 1 atom stereocenters. The molecule has 1 amide bonds. The monoisotopic (exact) mass is 267 g/mol. The smallest absolute Gasteiger partial charge is 0.282 e. The van der Waals surface area contributed by atoms with Gasteiger partial charge in [0.25, 0.3) is 11.6 Å². The predicted molar refractivity (Wildman–Crippen MR) is 70.9 cm³/mol. The summed E-state index contributed by atoms with van der Waals surface area (Å²) < 4.78 is 4.96. The minimum Gasteiger partial charge on any atom is -0.399 e. The number of carbonyl (C=O) groups is 1. The molecule has 7 heteroatoms. The summed E-state index contributed by atoms with van der Waals surface area (Å²) in [6, 6.07) is 3.72. The third kappa shape index (κ3) is 3.92. The van der Waals surface area contributed by atoms with Gasteiger partial charge >= 0.3 is 0 Å². The molecule has 1 aromatic carbocycles. The van der Waals surface area contributed by atoms with E-state index >= 15 is 0 Å². The number of hydrogen-bond acceptors (Lipinski definition) is 5. The Morgan fingerprint density at radius 1 is 1.58 bits per heavy atom. The number of methoxy groups -OCH3 is 1. The first-order valence-corrected chi connectivity index (χ1v) is 5.83. The van der Waals surface area contributed by atoms with E-state index in [0.717, 1.165) is 0 Å². The van der Waals surface area contributed by atoms with E-state index in [4.69, 9.17) is 10.5 Å². The minimum absolute atomic E-state index is 0.0421. The van der Waals surface area contributed by atoms with Gasteiger partial charge in [-0.05, 0) is 18.6 Å².